The summed E-state index contributed by atoms with van der Waals surface area (Å²) in [6, 6.07) is 10.2. The predicted octanol–water partition coefficient (Wildman–Crippen LogP) is 10.9. The lowest BCUT2D eigenvalue weighted by atomic mass is 9.83. The van der Waals surface area contributed by atoms with Gasteiger partial charge in [-0.05, 0) is 132 Å². The number of halogens is 7. The van der Waals surface area contributed by atoms with Crippen LogP contribution in [0.25, 0.3) is 0 Å². The minimum absolute atomic E-state index is 0.00936. The number of nitrogens with zero attached hydrogens (tertiary/aromatic N) is 4. The number of likely N-dealkylation sites (N-methyl/N-ethyl adjacent to an activating group) is 2. The van der Waals surface area contributed by atoms with E-state index < -0.39 is 155 Å². The molecule has 0 bridgehead atoms. The van der Waals surface area contributed by atoms with Crippen molar-refractivity contribution in [2.45, 2.75) is 214 Å². The first-order chi connectivity index (χ1) is 50.8. The second-order valence-electron chi connectivity index (χ2n) is 30.4. The van der Waals surface area contributed by atoms with E-state index in [0.717, 1.165) is 17.4 Å². The number of alkyl halides is 3. The van der Waals surface area contributed by atoms with Gasteiger partial charge in [-0.1, -0.05) is 111 Å². The van der Waals surface area contributed by atoms with E-state index in [1.54, 1.807) is 61.9 Å². The van der Waals surface area contributed by atoms with Crippen LogP contribution >= 0.6 is 0 Å². The lowest BCUT2D eigenvalue weighted by Crippen LogP contribution is -2.54. The van der Waals surface area contributed by atoms with Gasteiger partial charge in [-0.2, -0.15) is 22.0 Å². The molecule has 29 heteroatoms. The van der Waals surface area contributed by atoms with Crippen molar-refractivity contribution in [3.05, 3.63) is 94.6 Å². The van der Waals surface area contributed by atoms with Crippen LogP contribution in [0.1, 0.15) is 162 Å². The van der Waals surface area contributed by atoms with Crippen LogP contribution in [0.4, 0.5) is 41.2 Å². The molecule has 6 N–H and O–H groups in total. The third-order valence-corrected chi connectivity index (χ3v) is 21.3. The van der Waals surface area contributed by atoms with E-state index in [9.17, 15) is 78.7 Å². The van der Waals surface area contributed by atoms with Gasteiger partial charge in [-0.3, -0.25) is 53.0 Å². The Kier molecular flexibility index (Phi) is 35.6. The number of rotatable bonds is 42. The molecule has 2 aliphatic heterocycles. The van der Waals surface area contributed by atoms with Gasteiger partial charge >= 0.3 is 18.2 Å². The average molecular weight is 1530 g/mol. The summed E-state index contributed by atoms with van der Waals surface area (Å²) in [5.41, 5.74) is 6.00. The first-order valence-corrected chi connectivity index (χ1v) is 37.5. The Labute approximate surface area is 630 Å². The number of nitrogens with two attached hydrogens (primary N) is 1. The Morgan fingerprint density at radius 1 is 0.694 bits per heavy atom. The summed E-state index contributed by atoms with van der Waals surface area (Å²) in [5, 5.41) is 10.9. The number of urea groups is 1. The number of esters is 1. The second-order valence-corrected chi connectivity index (χ2v) is 30.4. The number of anilines is 1. The molecule has 7 amide bonds. The molecule has 5 rings (SSSR count). The van der Waals surface area contributed by atoms with E-state index in [1.807, 2.05) is 90.9 Å². The van der Waals surface area contributed by atoms with E-state index in [4.69, 9.17) is 15.2 Å². The number of hydrogen-bond acceptors (Lipinski definition) is 15. The average Bonchev–Trinajstić information content (AvgIpc) is 1.49. The third-order valence-electron chi connectivity index (χ3n) is 21.3. The maximum atomic E-state index is 14.7. The molecule has 0 unspecified atom stereocenters. The molecule has 0 spiro atoms. The summed E-state index contributed by atoms with van der Waals surface area (Å²) in [5.74, 6) is -19.4. The molecule has 3 aromatic rings. The van der Waals surface area contributed by atoms with Crippen LogP contribution in [-0.2, 0) is 65.6 Å². The highest BCUT2D eigenvalue weighted by molar-refractivity contribution is 5.97. The van der Waals surface area contributed by atoms with Crippen molar-refractivity contribution in [3.63, 3.8) is 0 Å². The molecule has 0 aromatic heterocycles. The van der Waals surface area contributed by atoms with Crippen LogP contribution in [0.2, 0.25) is 0 Å². The normalized spacial score (nSPS) is 18.5. The number of nitrogens with one attached hydrogen (secondary N) is 4. The number of amides is 7. The van der Waals surface area contributed by atoms with Gasteiger partial charge in [0, 0.05) is 102 Å². The van der Waals surface area contributed by atoms with E-state index in [2.05, 4.69) is 26.0 Å². The third kappa shape index (κ3) is 25.3. The molecule has 2 heterocycles. The van der Waals surface area contributed by atoms with Gasteiger partial charge in [0.25, 0.3) is 0 Å². The first kappa shape index (κ1) is 90.7. The largest absolute Gasteiger partial charge is 0.420 e. The number of ketones is 3. The fraction of sp³-hybridized carbons (Fsp3) is 0.646. The Hall–Kier alpha value is -7.89. The highest BCUT2D eigenvalue weighted by Gasteiger charge is 2.49. The zero-order valence-corrected chi connectivity index (χ0v) is 65.2. The summed E-state index contributed by atoms with van der Waals surface area (Å²) in [7, 11) is 8.48. The number of likely N-dealkylation sites (tertiary alicyclic amines) is 2. The Balaban J connectivity index is 1.21. The zero-order chi connectivity index (χ0) is 80.8. The molecule has 0 aliphatic carbocycles. The van der Waals surface area contributed by atoms with Crippen LogP contribution < -0.4 is 31.7 Å². The molecule has 108 heavy (non-hydrogen) atoms. The number of benzene rings is 3. The molecule has 13 atom stereocenters. The molecule has 22 nitrogen and oxygen atoms in total. The molecule has 2 aliphatic rings. The van der Waals surface area contributed by atoms with E-state index in [-0.39, 0.29) is 138 Å². The number of Topliss-reactive ketones (excluding diaryl/α,β-unsaturated/α-hetero) is 3. The molecule has 2 fully saturated rings. The summed E-state index contributed by atoms with van der Waals surface area (Å²) >= 11 is 0. The van der Waals surface area contributed by atoms with Crippen LogP contribution in [0.3, 0.4) is 0 Å². The number of primary amides is 1. The summed E-state index contributed by atoms with van der Waals surface area (Å²) in [6.45, 7) is 17.5. The van der Waals surface area contributed by atoms with Crippen molar-refractivity contribution < 1.29 is 92.9 Å². The minimum atomic E-state index is -4.93. The van der Waals surface area contributed by atoms with E-state index in [0.29, 0.717) is 37.1 Å². The quantitative estimate of drug-likeness (QED) is 0.0116. The van der Waals surface area contributed by atoms with Crippen LogP contribution in [-0.4, -0.2) is 189 Å². The van der Waals surface area contributed by atoms with Crippen molar-refractivity contribution in [2.24, 2.45) is 59.0 Å². The number of hydrogen-bond donors (Lipinski definition) is 5. The van der Waals surface area contributed by atoms with Crippen molar-refractivity contribution >= 4 is 64.6 Å². The fourth-order valence-corrected chi connectivity index (χ4v) is 15.1. The Bertz CT molecular complexity index is 3490. The molecular formula is C79H114F7N9O13. The first-order valence-electron chi connectivity index (χ1n) is 37.5. The van der Waals surface area contributed by atoms with Gasteiger partial charge in [0.15, 0.2) is 23.2 Å². The summed E-state index contributed by atoms with van der Waals surface area (Å²) < 4.78 is 118. The van der Waals surface area contributed by atoms with Crippen LogP contribution in [0.15, 0.2) is 54.6 Å². The van der Waals surface area contributed by atoms with Gasteiger partial charge in [-0.25, -0.2) is 13.6 Å². The van der Waals surface area contributed by atoms with Crippen LogP contribution in [0.5, 0.6) is 5.75 Å². The maximum Gasteiger partial charge on any atom is 0.404 e. The van der Waals surface area contributed by atoms with Crippen molar-refractivity contribution in [1.82, 2.24) is 35.6 Å². The predicted molar refractivity (Wildman–Crippen MR) is 393 cm³/mol. The van der Waals surface area contributed by atoms with Crippen LogP contribution in [0, 0.1) is 83.5 Å². The zero-order valence-electron chi connectivity index (χ0n) is 65.2. The van der Waals surface area contributed by atoms with E-state index >= 15 is 0 Å². The lowest BCUT2D eigenvalue weighted by Gasteiger charge is -2.41. The number of ether oxygens (including phenoxy) is 3. The smallest absolute Gasteiger partial charge is 0.404 e. The summed E-state index contributed by atoms with van der Waals surface area (Å²) in [4.78, 5) is 144. The number of methoxy groups -OCH3 is 2. The fourth-order valence-electron chi connectivity index (χ4n) is 15.1. The number of piperidine rings is 1. The monoisotopic (exact) mass is 1530 g/mol. The van der Waals surface area contributed by atoms with Gasteiger partial charge in [0.1, 0.15) is 11.8 Å². The lowest BCUT2D eigenvalue weighted by molar-refractivity contribution is -0.197. The molecule has 0 saturated carbocycles. The SMILES string of the molecule is CC[C@H](C)[C@@H]([C@@H](CC(=O)N1CCC[C@H]1[C@H](OC)[C@@H](C)C(=O)C[C@@H](Cc1ccccc1)C(=O)NCc1ccc(NC(=O)[C@H](CCCNC(N)=O)CC(=O)[C@@H](NC(=O)CCCN2CC[C@@H](C(=O)Oc3c(F)c(F)c(C)c(F)c3F)C[C@H]2C(F)(F)F)C(C)C)cc1)OC)N(C)C(=O)[C@@H](CC(=O)[C@H](C(C)C)N(C)C)C(C)C. The van der Waals surface area contributed by atoms with Gasteiger partial charge < -0.3 is 51.0 Å². The topological polar surface area (TPSA) is 285 Å². The van der Waals surface area contributed by atoms with Crippen molar-refractivity contribution in [2.75, 3.05) is 66.9 Å². The van der Waals surface area contributed by atoms with Crippen molar-refractivity contribution in [3.8, 4) is 5.75 Å². The number of carbonyl (C=O) groups excluding carboxylic acids is 10. The molecule has 3 aromatic carbocycles. The maximum absolute atomic E-state index is 14.7. The molecular weight excluding hydrogens is 1420 g/mol. The highest BCUT2D eigenvalue weighted by Crippen LogP contribution is 2.38. The Morgan fingerprint density at radius 3 is 1.88 bits per heavy atom. The van der Waals surface area contributed by atoms with E-state index in [1.165, 1.54) is 14.2 Å². The van der Waals surface area contributed by atoms with Crippen molar-refractivity contribution in [1.29, 1.82) is 0 Å². The van der Waals surface area contributed by atoms with Gasteiger partial charge in [0.05, 0.1) is 48.7 Å². The molecule has 2 saturated heterocycles. The molecule has 0 radical (unpaired) electrons. The molecule has 602 valence electrons. The number of carbonyl (C=O) groups is 10. The minimum Gasteiger partial charge on any atom is -0.420 e. The van der Waals surface area contributed by atoms with Gasteiger partial charge in [0.2, 0.25) is 46.9 Å². The second kappa shape index (κ2) is 42.3. The Morgan fingerprint density at radius 2 is 1.32 bits per heavy atom. The highest BCUT2D eigenvalue weighted by atomic mass is 19.4. The summed E-state index contributed by atoms with van der Waals surface area (Å²) in [6.07, 6.45) is -6.29. The standard InChI is InChI=1S/C79H114F7N9O13/c1-16-47(8)71(93(13)76(103)56(44(2)3)41-60(98)70(46(6)7)92(11)12)61(106-14)42-64(100)95-35-21-26-57(95)72(107-15)48(9)58(96)39-54(37-50-23-18-17-19-24-50)74(101)89-43-51-28-30-55(31-29-51)90-75(102)52(25-20-33-88-78(87)105)38-59(97)69(45(4)5)91-63(99)27-22-34-94-36-32-53(40-62(94)79(84,85)86)77(104)108-73-67(82)65(80)49(10)66(81)68(73)83/h17-19,23-24,28-31,44-48,52-54,56-57,61-62,69-72H,16,20-22,25-27,32-43H2,1-15H3,(H,89,101)(H,90,102)(H,91,99)(H3,87,88,105)/t47-,48-,52+,53+,54+,56-,57-,61+,62-,69-,70-,71-,72+/m0/s1. The van der Waals surface area contributed by atoms with Gasteiger partial charge in [-0.15, -0.1) is 0 Å².